The molecule has 2 fully saturated rings. The van der Waals surface area contributed by atoms with Crippen molar-refractivity contribution in [2.24, 2.45) is 17.8 Å². The molecule has 3 nitrogen and oxygen atoms in total. The van der Waals surface area contributed by atoms with E-state index in [0.717, 1.165) is 18.1 Å². The molecular weight excluding hydrogens is 202 g/mol. The molecular formula is C13H17NO2. The standard InChI is InChI=1S/C13H17NO2/c15-13(14-8-11-2-1-5-16-11)12-7-9-3-4-10(12)6-9/h1-2,5,9-10,12H,3-4,6-8H2,(H,14,15)/t9-,10-,12+/m1/s1. The summed E-state index contributed by atoms with van der Waals surface area (Å²) >= 11 is 0. The van der Waals surface area contributed by atoms with Gasteiger partial charge in [-0.2, -0.15) is 0 Å². The van der Waals surface area contributed by atoms with Gasteiger partial charge >= 0.3 is 0 Å². The molecule has 2 bridgehead atoms. The van der Waals surface area contributed by atoms with Gasteiger partial charge in [0.2, 0.25) is 5.91 Å². The van der Waals surface area contributed by atoms with Crippen LogP contribution in [0.25, 0.3) is 0 Å². The van der Waals surface area contributed by atoms with Crippen LogP contribution in [0.2, 0.25) is 0 Å². The predicted octanol–water partition coefficient (Wildman–Crippen LogP) is 2.33. The lowest BCUT2D eigenvalue weighted by Gasteiger charge is -2.20. The number of carbonyl (C=O) groups excluding carboxylic acids is 1. The van der Waals surface area contributed by atoms with E-state index in [4.69, 9.17) is 4.42 Å². The highest BCUT2D eigenvalue weighted by atomic mass is 16.3. The molecule has 2 aliphatic rings. The third kappa shape index (κ3) is 1.75. The Morgan fingerprint density at radius 2 is 2.38 bits per heavy atom. The van der Waals surface area contributed by atoms with E-state index < -0.39 is 0 Å². The highest BCUT2D eigenvalue weighted by Crippen LogP contribution is 2.48. The molecule has 1 amide bonds. The van der Waals surface area contributed by atoms with Gasteiger partial charge in [-0.05, 0) is 43.2 Å². The third-order valence-corrected chi connectivity index (χ3v) is 4.09. The van der Waals surface area contributed by atoms with Gasteiger partial charge in [0.25, 0.3) is 0 Å². The van der Waals surface area contributed by atoms with E-state index in [1.54, 1.807) is 6.26 Å². The first kappa shape index (κ1) is 9.94. The zero-order valence-electron chi connectivity index (χ0n) is 9.32. The summed E-state index contributed by atoms with van der Waals surface area (Å²) in [6, 6.07) is 3.74. The first-order valence-corrected chi connectivity index (χ1v) is 6.13. The summed E-state index contributed by atoms with van der Waals surface area (Å²) in [4.78, 5) is 12.0. The number of hydrogen-bond acceptors (Lipinski definition) is 2. The average Bonchev–Trinajstić information content (AvgIpc) is 3.01. The number of hydrogen-bond donors (Lipinski definition) is 1. The fourth-order valence-corrected chi connectivity index (χ4v) is 3.28. The maximum absolute atomic E-state index is 12.0. The van der Waals surface area contributed by atoms with Gasteiger partial charge in [0.15, 0.2) is 0 Å². The topological polar surface area (TPSA) is 42.2 Å². The molecule has 1 aromatic rings. The minimum atomic E-state index is 0.226. The SMILES string of the molecule is O=C(NCc1ccco1)[C@H]1C[C@@H]2CC[C@@H]1C2. The van der Waals surface area contributed by atoms with Gasteiger partial charge in [0, 0.05) is 5.92 Å². The van der Waals surface area contributed by atoms with Gasteiger partial charge in [0.05, 0.1) is 12.8 Å². The van der Waals surface area contributed by atoms with Gasteiger partial charge in [0.1, 0.15) is 5.76 Å². The maximum Gasteiger partial charge on any atom is 0.223 e. The lowest BCUT2D eigenvalue weighted by molar-refractivity contribution is -0.126. The average molecular weight is 219 g/mol. The van der Waals surface area contributed by atoms with Gasteiger partial charge in [-0.3, -0.25) is 4.79 Å². The van der Waals surface area contributed by atoms with E-state index in [0.29, 0.717) is 12.5 Å². The van der Waals surface area contributed by atoms with Crippen LogP contribution in [0.5, 0.6) is 0 Å². The number of furan rings is 1. The van der Waals surface area contributed by atoms with Crippen LogP contribution >= 0.6 is 0 Å². The van der Waals surface area contributed by atoms with Gasteiger partial charge in [-0.15, -0.1) is 0 Å². The molecule has 1 heterocycles. The second-order valence-corrected chi connectivity index (χ2v) is 5.08. The quantitative estimate of drug-likeness (QED) is 0.847. The summed E-state index contributed by atoms with van der Waals surface area (Å²) in [5.74, 6) is 2.81. The Bertz CT molecular complexity index is 371. The van der Waals surface area contributed by atoms with Crippen molar-refractivity contribution in [1.82, 2.24) is 5.32 Å². The minimum absolute atomic E-state index is 0.226. The molecule has 0 saturated heterocycles. The predicted molar refractivity (Wildman–Crippen MR) is 59.5 cm³/mol. The number of fused-ring (bicyclic) bond motifs is 2. The van der Waals surface area contributed by atoms with Gasteiger partial charge in [-0.25, -0.2) is 0 Å². The minimum Gasteiger partial charge on any atom is -0.467 e. The Morgan fingerprint density at radius 3 is 3.00 bits per heavy atom. The molecule has 2 aliphatic carbocycles. The fraction of sp³-hybridized carbons (Fsp3) is 0.615. The van der Waals surface area contributed by atoms with E-state index >= 15 is 0 Å². The molecule has 0 radical (unpaired) electrons. The van der Waals surface area contributed by atoms with Crippen molar-refractivity contribution >= 4 is 5.91 Å². The fourth-order valence-electron chi connectivity index (χ4n) is 3.28. The van der Waals surface area contributed by atoms with Crippen molar-refractivity contribution in [2.45, 2.75) is 32.2 Å². The van der Waals surface area contributed by atoms with Crippen LogP contribution in [0.1, 0.15) is 31.4 Å². The first-order valence-electron chi connectivity index (χ1n) is 6.13. The molecule has 3 rings (SSSR count). The maximum atomic E-state index is 12.0. The Morgan fingerprint density at radius 1 is 1.44 bits per heavy atom. The number of amides is 1. The molecule has 2 saturated carbocycles. The summed E-state index contributed by atoms with van der Waals surface area (Å²) in [6.07, 6.45) is 6.61. The largest absolute Gasteiger partial charge is 0.467 e. The summed E-state index contributed by atoms with van der Waals surface area (Å²) in [6.45, 7) is 0.527. The Hall–Kier alpha value is -1.25. The third-order valence-electron chi connectivity index (χ3n) is 4.09. The van der Waals surface area contributed by atoms with E-state index in [2.05, 4.69) is 5.32 Å². The van der Waals surface area contributed by atoms with E-state index in [9.17, 15) is 4.79 Å². The smallest absolute Gasteiger partial charge is 0.223 e. The number of carbonyl (C=O) groups is 1. The second kappa shape index (κ2) is 3.96. The van der Waals surface area contributed by atoms with Crippen molar-refractivity contribution in [1.29, 1.82) is 0 Å². The van der Waals surface area contributed by atoms with E-state index in [1.165, 1.54) is 19.3 Å². The highest BCUT2D eigenvalue weighted by molar-refractivity contribution is 5.79. The summed E-state index contributed by atoms with van der Waals surface area (Å²) in [5.41, 5.74) is 0. The summed E-state index contributed by atoms with van der Waals surface area (Å²) in [7, 11) is 0. The van der Waals surface area contributed by atoms with Crippen LogP contribution in [0, 0.1) is 17.8 Å². The van der Waals surface area contributed by atoms with Crippen molar-refractivity contribution in [3.8, 4) is 0 Å². The van der Waals surface area contributed by atoms with Crippen LogP contribution in [0.15, 0.2) is 22.8 Å². The normalized spacial score (nSPS) is 31.9. The molecule has 86 valence electrons. The monoisotopic (exact) mass is 219 g/mol. The first-order chi connectivity index (χ1) is 7.83. The van der Waals surface area contributed by atoms with E-state index in [-0.39, 0.29) is 11.8 Å². The lowest BCUT2D eigenvalue weighted by atomic mass is 9.88. The van der Waals surface area contributed by atoms with Gasteiger partial charge in [-0.1, -0.05) is 6.42 Å². The highest BCUT2D eigenvalue weighted by Gasteiger charge is 2.42. The van der Waals surface area contributed by atoms with Crippen LogP contribution in [0.3, 0.4) is 0 Å². The molecule has 1 N–H and O–H groups in total. The van der Waals surface area contributed by atoms with Crippen molar-refractivity contribution < 1.29 is 9.21 Å². The molecule has 3 heteroatoms. The van der Waals surface area contributed by atoms with Crippen molar-refractivity contribution in [3.05, 3.63) is 24.2 Å². The molecule has 16 heavy (non-hydrogen) atoms. The summed E-state index contributed by atoms with van der Waals surface area (Å²) in [5, 5.41) is 2.98. The number of nitrogens with one attached hydrogen (secondary N) is 1. The molecule has 0 unspecified atom stereocenters. The Kier molecular flexibility index (Phi) is 2.46. The zero-order chi connectivity index (χ0) is 11.0. The summed E-state index contributed by atoms with van der Waals surface area (Å²) < 4.78 is 5.19. The van der Waals surface area contributed by atoms with Gasteiger partial charge < -0.3 is 9.73 Å². The van der Waals surface area contributed by atoms with E-state index in [1.807, 2.05) is 12.1 Å². The van der Waals surface area contributed by atoms with Crippen LogP contribution in [0.4, 0.5) is 0 Å². The molecule has 1 aromatic heterocycles. The van der Waals surface area contributed by atoms with Crippen molar-refractivity contribution in [2.75, 3.05) is 0 Å². The van der Waals surface area contributed by atoms with Crippen LogP contribution in [-0.4, -0.2) is 5.91 Å². The Labute approximate surface area is 95.2 Å². The van der Waals surface area contributed by atoms with Crippen LogP contribution in [-0.2, 0) is 11.3 Å². The lowest BCUT2D eigenvalue weighted by Crippen LogP contribution is -2.33. The van der Waals surface area contributed by atoms with Crippen LogP contribution < -0.4 is 5.32 Å². The number of rotatable bonds is 3. The zero-order valence-corrected chi connectivity index (χ0v) is 9.32. The second-order valence-electron chi connectivity index (χ2n) is 5.08. The Balaban J connectivity index is 1.54. The molecule has 0 spiro atoms. The molecule has 0 aliphatic heterocycles. The van der Waals surface area contributed by atoms with Crippen molar-refractivity contribution in [3.63, 3.8) is 0 Å². The molecule has 3 atom stereocenters. The molecule has 0 aromatic carbocycles.